The summed E-state index contributed by atoms with van der Waals surface area (Å²) < 4.78 is 13.3. The minimum absolute atomic E-state index is 0.170. The van der Waals surface area contributed by atoms with E-state index in [9.17, 15) is 14.0 Å². The molecule has 1 aromatic rings. The number of amides is 2. The average molecular weight is 250 g/mol. The lowest BCUT2D eigenvalue weighted by molar-refractivity contribution is -0.137. The first-order chi connectivity index (χ1) is 8.49. The van der Waals surface area contributed by atoms with Gasteiger partial charge < -0.3 is 5.32 Å². The number of carbonyl (C=O) groups is 2. The summed E-state index contributed by atoms with van der Waals surface area (Å²) >= 11 is 0. The predicted octanol–water partition coefficient (Wildman–Crippen LogP) is 0.981. The van der Waals surface area contributed by atoms with Crippen LogP contribution in [0.3, 0.4) is 0 Å². The van der Waals surface area contributed by atoms with Crippen LogP contribution in [0.1, 0.15) is 17.5 Å². The van der Waals surface area contributed by atoms with E-state index in [1.807, 2.05) is 0 Å². The minimum Gasteiger partial charge on any atom is -0.301 e. The van der Waals surface area contributed by atoms with Gasteiger partial charge in [0.15, 0.2) is 0 Å². The molecule has 1 aliphatic heterocycles. The molecular weight excluding hydrogens is 235 g/mol. The van der Waals surface area contributed by atoms with Gasteiger partial charge in [-0.2, -0.15) is 0 Å². The number of rotatable bonds is 3. The van der Waals surface area contributed by atoms with E-state index in [-0.39, 0.29) is 24.1 Å². The van der Waals surface area contributed by atoms with Gasteiger partial charge in [0.2, 0.25) is 11.8 Å². The summed E-state index contributed by atoms with van der Waals surface area (Å²) in [5.74, 6) is -0.680. The first kappa shape index (κ1) is 12.7. The third-order valence-corrected chi connectivity index (χ3v) is 3.17. The number of halogens is 1. The van der Waals surface area contributed by atoms with Crippen molar-refractivity contribution in [3.8, 4) is 0 Å². The van der Waals surface area contributed by atoms with Crippen molar-refractivity contribution < 1.29 is 14.0 Å². The molecule has 2 rings (SSSR count). The maximum absolute atomic E-state index is 13.3. The van der Waals surface area contributed by atoms with Crippen LogP contribution in [-0.2, 0) is 16.1 Å². The quantitative estimate of drug-likeness (QED) is 0.814. The maximum atomic E-state index is 13.3. The zero-order chi connectivity index (χ0) is 13.3. The zero-order valence-electron chi connectivity index (χ0n) is 10.4. The Balaban J connectivity index is 1.98. The van der Waals surface area contributed by atoms with Gasteiger partial charge in [-0.1, -0.05) is 12.1 Å². The maximum Gasteiger partial charge on any atom is 0.246 e. The van der Waals surface area contributed by atoms with Crippen molar-refractivity contribution in [1.29, 1.82) is 0 Å². The highest BCUT2D eigenvalue weighted by Crippen LogP contribution is 2.13. The number of nitrogens with one attached hydrogen (secondary N) is 1. The molecule has 1 aromatic carbocycles. The van der Waals surface area contributed by atoms with Gasteiger partial charge in [-0.15, -0.1) is 0 Å². The number of likely N-dealkylation sites (tertiary alicyclic amines) is 1. The molecule has 1 N–H and O–H groups in total. The molecule has 4 nitrogen and oxygen atoms in total. The van der Waals surface area contributed by atoms with Crippen molar-refractivity contribution in [2.45, 2.75) is 25.9 Å². The van der Waals surface area contributed by atoms with Crippen LogP contribution in [0.4, 0.5) is 4.39 Å². The monoisotopic (exact) mass is 250 g/mol. The van der Waals surface area contributed by atoms with Crippen LogP contribution in [-0.4, -0.2) is 29.8 Å². The Morgan fingerprint density at radius 3 is 2.72 bits per heavy atom. The number of benzene rings is 1. The number of hydrogen-bond donors (Lipinski definition) is 1. The Kier molecular flexibility index (Phi) is 3.43. The highest BCUT2D eigenvalue weighted by atomic mass is 19.1. The molecule has 1 atom stereocenters. The van der Waals surface area contributed by atoms with Gasteiger partial charge >= 0.3 is 0 Å². The molecule has 1 heterocycles. The minimum atomic E-state index is -0.494. The summed E-state index contributed by atoms with van der Waals surface area (Å²) in [6, 6.07) is 4.44. The third-order valence-electron chi connectivity index (χ3n) is 3.17. The number of carbonyl (C=O) groups excluding carboxylic acids is 2. The molecule has 0 saturated carbocycles. The molecule has 1 aliphatic rings. The van der Waals surface area contributed by atoms with Gasteiger partial charge in [0.1, 0.15) is 5.82 Å². The number of likely N-dealkylation sites (N-methyl/N-ethyl adjacent to an activating group) is 1. The summed E-state index contributed by atoms with van der Waals surface area (Å²) in [5, 5.41) is 2.98. The largest absolute Gasteiger partial charge is 0.301 e. The van der Waals surface area contributed by atoms with Crippen molar-refractivity contribution in [2.24, 2.45) is 0 Å². The Bertz CT molecular complexity index is 502. The van der Waals surface area contributed by atoms with Gasteiger partial charge in [-0.3, -0.25) is 14.5 Å². The lowest BCUT2D eigenvalue weighted by Gasteiger charge is -2.11. The summed E-state index contributed by atoms with van der Waals surface area (Å²) in [5.41, 5.74) is 1.35. The van der Waals surface area contributed by atoms with Crippen LogP contribution in [0, 0.1) is 12.7 Å². The Labute approximate surface area is 105 Å². The SMILES string of the molecule is Cc1ccc(CNC2CC(=O)N(C)C2=O)cc1F. The number of nitrogens with zero attached hydrogens (tertiary/aromatic N) is 1. The summed E-state index contributed by atoms with van der Waals surface area (Å²) in [4.78, 5) is 24.1. The summed E-state index contributed by atoms with van der Waals surface area (Å²) in [6.07, 6.45) is 0.170. The molecule has 18 heavy (non-hydrogen) atoms. The Morgan fingerprint density at radius 2 is 2.17 bits per heavy atom. The molecule has 1 fully saturated rings. The average Bonchev–Trinajstić information content (AvgIpc) is 2.58. The predicted molar refractivity (Wildman–Crippen MR) is 64.2 cm³/mol. The van der Waals surface area contributed by atoms with E-state index >= 15 is 0 Å². The second-order valence-electron chi connectivity index (χ2n) is 4.51. The number of aryl methyl sites for hydroxylation is 1. The smallest absolute Gasteiger partial charge is 0.246 e. The van der Waals surface area contributed by atoms with Gasteiger partial charge in [0.05, 0.1) is 12.5 Å². The molecule has 5 heteroatoms. The highest BCUT2D eigenvalue weighted by Gasteiger charge is 2.35. The lowest BCUT2D eigenvalue weighted by Crippen LogP contribution is -2.36. The van der Waals surface area contributed by atoms with Crippen molar-refractivity contribution in [2.75, 3.05) is 7.05 Å². The standard InChI is InChI=1S/C13H15FN2O2/c1-8-3-4-9(5-10(8)14)7-15-11-6-12(17)16(2)13(11)18/h3-5,11,15H,6-7H2,1-2H3. The summed E-state index contributed by atoms with van der Waals surface area (Å²) in [6.45, 7) is 2.06. The van der Waals surface area contributed by atoms with Crippen LogP contribution >= 0.6 is 0 Å². The van der Waals surface area contributed by atoms with Crippen LogP contribution in [0.2, 0.25) is 0 Å². The molecule has 96 valence electrons. The van der Waals surface area contributed by atoms with Crippen LogP contribution < -0.4 is 5.32 Å². The second kappa shape index (κ2) is 4.86. The fraction of sp³-hybridized carbons (Fsp3) is 0.385. The van der Waals surface area contributed by atoms with Crippen molar-refractivity contribution in [1.82, 2.24) is 10.2 Å². The highest BCUT2D eigenvalue weighted by molar-refractivity contribution is 6.05. The van der Waals surface area contributed by atoms with Crippen molar-refractivity contribution in [3.05, 3.63) is 35.1 Å². The molecule has 1 saturated heterocycles. The molecule has 2 amide bonds. The third kappa shape index (κ3) is 2.41. The fourth-order valence-corrected chi connectivity index (χ4v) is 1.90. The molecular formula is C13H15FN2O2. The van der Waals surface area contributed by atoms with Gasteiger partial charge in [-0.25, -0.2) is 4.39 Å². The van der Waals surface area contributed by atoms with Gasteiger partial charge in [0.25, 0.3) is 0 Å². The first-order valence-corrected chi connectivity index (χ1v) is 5.78. The van der Waals surface area contributed by atoms with Crippen LogP contribution in [0.15, 0.2) is 18.2 Å². The van der Waals surface area contributed by atoms with E-state index in [1.54, 1.807) is 19.1 Å². The zero-order valence-corrected chi connectivity index (χ0v) is 10.4. The molecule has 1 unspecified atom stereocenters. The molecule has 0 bridgehead atoms. The summed E-state index contributed by atoms with van der Waals surface area (Å²) in [7, 11) is 1.47. The number of hydrogen-bond acceptors (Lipinski definition) is 3. The second-order valence-corrected chi connectivity index (χ2v) is 4.51. The van der Waals surface area contributed by atoms with Crippen molar-refractivity contribution >= 4 is 11.8 Å². The number of imide groups is 1. The van der Waals surface area contributed by atoms with Crippen molar-refractivity contribution in [3.63, 3.8) is 0 Å². The topological polar surface area (TPSA) is 49.4 Å². The van der Waals surface area contributed by atoms with E-state index in [0.717, 1.165) is 10.5 Å². The molecule has 0 aliphatic carbocycles. The first-order valence-electron chi connectivity index (χ1n) is 5.78. The fourth-order valence-electron chi connectivity index (χ4n) is 1.90. The van der Waals surface area contributed by atoms with Gasteiger partial charge in [-0.05, 0) is 24.1 Å². The van der Waals surface area contributed by atoms with Crippen LogP contribution in [0.5, 0.6) is 0 Å². The Hall–Kier alpha value is -1.75. The van der Waals surface area contributed by atoms with E-state index in [1.165, 1.54) is 13.1 Å². The Morgan fingerprint density at radius 1 is 1.44 bits per heavy atom. The lowest BCUT2D eigenvalue weighted by atomic mass is 10.1. The molecule has 0 aromatic heterocycles. The van der Waals surface area contributed by atoms with Gasteiger partial charge in [0, 0.05) is 13.6 Å². The molecule has 0 radical (unpaired) electrons. The van der Waals surface area contributed by atoms with E-state index < -0.39 is 6.04 Å². The molecule has 0 spiro atoms. The van der Waals surface area contributed by atoms with Crippen LogP contribution in [0.25, 0.3) is 0 Å². The van der Waals surface area contributed by atoms with E-state index in [0.29, 0.717) is 12.1 Å². The van der Waals surface area contributed by atoms with E-state index in [2.05, 4.69) is 5.32 Å². The normalized spacial score (nSPS) is 19.7. The van der Waals surface area contributed by atoms with E-state index in [4.69, 9.17) is 0 Å².